The van der Waals surface area contributed by atoms with Crippen LogP contribution in [-0.2, 0) is 0 Å². The summed E-state index contributed by atoms with van der Waals surface area (Å²) < 4.78 is 5.35. The highest BCUT2D eigenvalue weighted by atomic mass is 35.5. The van der Waals surface area contributed by atoms with Crippen molar-refractivity contribution in [2.45, 2.75) is 25.1 Å². The van der Waals surface area contributed by atoms with Crippen LogP contribution >= 0.6 is 11.6 Å². The molecule has 0 radical (unpaired) electrons. The summed E-state index contributed by atoms with van der Waals surface area (Å²) in [5, 5.41) is 0.310. The van der Waals surface area contributed by atoms with Crippen LogP contribution in [0.1, 0.15) is 19.8 Å². The molecular weight excluding hydrogens is 226 g/mol. The third-order valence-corrected chi connectivity index (χ3v) is 3.10. The van der Waals surface area contributed by atoms with Crippen LogP contribution in [0.25, 0.3) is 0 Å². The van der Waals surface area contributed by atoms with Crippen molar-refractivity contribution >= 4 is 17.4 Å². The molecule has 0 unspecified atom stereocenters. The highest BCUT2D eigenvalue weighted by Gasteiger charge is 2.18. The lowest BCUT2D eigenvalue weighted by Crippen LogP contribution is -2.34. The van der Waals surface area contributed by atoms with Gasteiger partial charge in [0.15, 0.2) is 0 Å². The fourth-order valence-corrected chi connectivity index (χ4v) is 2.00. The van der Waals surface area contributed by atoms with Gasteiger partial charge in [-0.05, 0) is 19.8 Å². The molecule has 4 nitrogen and oxygen atoms in total. The molecule has 1 aliphatic rings. The van der Waals surface area contributed by atoms with Crippen LogP contribution in [0.3, 0.4) is 0 Å². The molecule has 1 fully saturated rings. The van der Waals surface area contributed by atoms with E-state index in [-0.39, 0.29) is 0 Å². The van der Waals surface area contributed by atoms with Crippen molar-refractivity contribution in [2.24, 2.45) is 0 Å². The second-order valence-electron chi connectivity index (χ2n) is 3.81. The molecule has 1 aromatic heterocycles. The quantitative estimate of drug-likeness (QED) is 0.760. The molecule has 1 aromatic rings. The lowest BCUT2D eigenvalue weighted by molar-refractivity contribution is 0.326. The maximum atomic E-state index is 6.07. The molecule has 0 amide bonds. The molecule has 1 saturated heterocycles. The predicted octanol–water partition coefficient (Wildman–Crippen LogP) is 2.08. The second-order valence-corrected chi connectivity index (χ2v) is 4.43. The first-order chi connectivity index (χ1) is 7.79. The average Bonchev–Trinajstić information content (AvgIpc) is 2.31. The van der Waals surface area contributed by atoms with Gasteiger partial charge in [-0.1, -0.05) is 0 Å². The van der Waals surface area contributed by atoms with E-state index in [2.05, 4.69) is 14.9 Å². The van der Waals surface area contributed by atoms with Gasteiger partial charge >= 0.3 is 0 Å². The first-order valence-corrected chi connectivity index (χ1v) is 6.07. The monoisotopic (exact) mass is 241 g/mol. The van der Waals surface area contributed by atoms with Crippen LogP contribution in [-0.4, -0.2) is 35.0 Å². The lowest BCUT2D eigenvalue weighted by Gasteiger charge is -2.30. The minimum atomic E-state index is 0.310. The maximum Gasteiger partial charge on any atom is 0.218 e. The molecule has 0 atom stereocenters. The molecule has 2 heterocycles. The summed E-state index contributed by atoms with van der Waals surface area (Å²) in [5.41, 5.74) is 0. The Hall–Kier alpha value is -1.03. The van der Waals surface area contributed by atoms with Crippen molar-refractivity contribution in [3.05, 3.63) is 12.4 Å². The summed E-state index contributed by atoms with van der Waals surface area (Å²) >= 11 is 6.07. The SMILES string of the molecule is CCOc1cc(N2CCC(Cl)CC2)ncn1. The first kappa shape index (κ1) is 11.5. The number of rotatable bonds is 3. The molecular formula is C11H16ClN3O. The number of alkyl halides is 1. The van der Waals surface area contributed by atoms with Gasteiger partial charge in [0.25, 0.3) is 0 Å². The Bertz CT molecular complexity index is 340. The van der Waals surface area contributed by atoms with Crippen molar-refractivity contribution in [1.82, 2.24) is 9.97 Å². The standard InChI is InChI=1S/C11H16ClN3O/c1-2-16-11-7-10(13-8-14-11)15-5-3-9(12)4-6-15/h7-9H,2-6H2,1H3. The molecule has 0 spiro atoms. The van der Waals surface area contributed by atoms with Gasteiger partial charge in [0.1, 0.15) is 12.1 Å². The zero-order valence-corrected chi connectivity index (χ0v) is 10.2. The number of halogens is 1. The Morgan fingerprint density at radius 2 is 2.19 bits per heavy atom. The number of anilines is 1. The number of nitrogens with zero attached hydrogens (tertiary/aromatic N) is 3. The van der Waals surface area contributed by atoms with Crippen LogP contribution in [0.15, 0.2) is 12.4 Å². The van der Waals surface area contributed by atoms with E-state index in [9.17, 15) is 0 Å². The summed E-state index contributed by atoms with van der Waals surface area (Å²) in [6, 6.07) is 1.89. The third-order valence-electron chi connectivity index (χ3n) is 2.67. The highest BCUT2D eigenvalue weighted by molar-refractivity contribution is 6.20. The highest BCUT2D eigenvalue weighted by Crippen LogP contribution is 2.22. The van der Waals surface area contributed by atoms with Gasteiger partial charge in [0.2, 0.25) is 5.88 Å². The molecule has 0 saturated carbocycles. The van der Waals surface area contributed by atoms with E-state index in [0.717, 1.165) is 31.7 Å². The molecule has 0 aliphatic carbocycles. The Kier molecular flexibility index (Phi) is 3.83. The molecule has 1 aliphatic heterocycles. The summed E-state index contributed by atoms with van der Waals surface area (Å²) in [7, 11) is 0. The van der Waals surface area contributed by atoms with Gasteiger partial charge in [0.05, 0.1) is 6.61 Å². The first-order valence-electron chi connectivity index (χ1n) is 5.63. The number of aromatic nitrogens is 2. The maximum absolute atomic E-state index is 6.07. The summed E-state index contributed by atoms with van der Waals surface area (Å²) in [6.07, 6.45) is 3.57. The van der Waals surface area contributed by atoms with E-state index >= 15 is 0 Å². The normalized spacial score (nSPS) is 17.5. The minimum absolute atomic E-state index is 0.310. The Morgan fingerprint density at radius 3 is 2.88 bits per heavy atom. The topological polar surface area (TPSA) is 38.2 Å². The van der Waals surface area contributed by atoms with Gasteiger partial charge in [-0.2, -0.15) is 0 Å². The van der Waals surface area contributed by atoms with E-state index in [0.29, 0.717) is 17.9 Å². The van der Waals surface area contributed by atoms with Crippen molar-refractivity contribution in [2.75, 3.05) is 24.6 Å². The number of ether oxygens (including phenoxy) is 1. The zero-order chi connectivity index (χ0) is 11.4. The van der Waals surface area contributed by atoms with E-state index in [4.69, 9.17) is 16.3 Å². The molecule has 0 aromatic carbocycles. The van der Waals surface area contributed by atoms with Crippen LogP contribution in [0.5, 0.6) is 5.88 Å². The number of piperidine rings is 1. The molecule has 0 N–H and O–H groups in total. The van der Waals surface area contributed by atoms with E-state index in [1.807, 2.05) is 13.0 Å². The van der Waals surface area contributed by atoms with Crippen molar-refractivity contribution in [1.29, 1.82) is 0 Å². The lowest BCUT2D eigenvalue weighted by atomic mass is 10.1. The summed E-state index contributed by atoms with van der Waals surface area (Å²) in [4.78, 5) is 10.5. The van der Waals surface area contributed by atoms with E-state index in [1.54, 1.807) is 6.33 Å². The summed E-state index contributed by atoms with van der Waals surface area (Å²) in [6.45, 7) is 4.48. The average molecular weight is 242 g/mol. The second kappa shape index (κ2) is 5.34. The van der Waals surface area contributed by atoms with Crippen molar-refractivity contribution in [3.63, 3.8) is 0 Å². The Balaban J connectivity index is 2.05. The van der Waals surface area contributed by atoms with Crippen molar-refractivity contribution < 1.29 is 4.74 Å². The largest absolute Gasteiger partial charge is 0.478 e. The molecule has 5 heteroatoms. The van der Waals surface area contributed by atoms with Crippen LogP contribution in [0, 0.1) is 0 Å². The Morgan fingerprint density at radius 1 is 1.44 bits per heavy atom. The Labute approximate surface area is 101 Å². The number of hydrogen-bond acceptors (Lipinski definition) is 4. The zero-order valence-electron chi connectivity index (χ0n) is 9.40. The van der Waals surface area contributed by atoms with Gasteiger partial charge in [-0.15, -0.1) is 11.6 Å². The van der Waals surface area contributed by atoms with Crippen molar-refractivity contribution in [3.8, 4) is 5.88 Å². The smallest absolute Gasteiger partial charge is 0.218 e. The van der Waals surface area contributed by atoms with Gasteiger partial charge in [-0.3, -0.25) is 0 Å². The number of hydrogen-bond donors (Lipinski definition) is 0. The fraction of sp³-hybridized carbons (Fsp3) is 0.636. The van der Waals surface area contributed by atoms with Gasteiger partial charge in [0, 0.05) is 24.5 Å². The van der Waals surface area contributed by atoms with E-state index < -0.39 is 0 Å². The molecule has 16 heavy (non-hydrogen) atoms. The summed E-state index contributed by atoms with van der Waals surface area (Å²) in [5.74, 6) is 1.57. The molecule has 2 rings (SSSR count). The fourth-order valence-electron chi connectivity index (χ4n) is 1.81. The van der Waals surface area contributed by atoms with Crippen LogP contribution < -0.4 is 9.64 Å². The van der Waals surface area contributed by atoms with E-state index in [1.165, 1.54) is 0 Å². The van der Waals surface area contributed by atoms with Crippen LogP contribution in [0.2, 0.25) is 0 Å². The van der Waals surface area contributed by atoms with Gasteiger partial charge in [-0.25, -0.2) is 9.97 Å². The predicted molar refractivity (Wildman–Crippen MR) is 64.3 cm³/mol. The molecule has 88 valence electrons. The van der Waals surface area contributed by atoms with Gasteiger partial charge < -0.3 is 9.64 Å². The third kappa shape index (κ3) is 2.76. The molecule has 0 bridgehead atoms. The minimum Gasteiger partial charge on any atom is -0.478 e. The van der Waals surface area contributed by atoms with Crippen LogP contribution in [0.4, 0.5) is 5.82 Å².